The molecule has 1 aromatic heterocycles. The fourth-order valence-electron chi connectivity index (χ4n) is 1.92. The molecular weight excluding hydrogens is 245 g/mol. The lowest BCUT2D eigenvalue weighted by atomic mass is 10.0. The average molecular weight is 261 g/mol. The SMILES string of the molecule is CC(C)c1nn(-c2ccc(F)cc2)c(=O)cc1CN. The first-order valence-corrected chi connectivity index (χ1v) is 6.12. The van der Waals surface area contributed by atoms with Gasteiger partial charge in [-0.15, -0.1) is 0 Å². The Balaban J connectivity index is 2.61. The van der Waals surface area contributed by atoms with Crippen molar-refractivity contribution in [3.63, 3.8) is 0 Å². The summed E-state index contributed by atoms with van der Waals surface area (Å²) >= 11 is 0. The maximum absolute atomic E-state index is 12.9. The summed E-state index contributed by atoms with van der Waals surface area (Å²) in [6, 6.07) is 7.14. The summed E-state index contributed by atoms with van der Waals surface area (Å²) in [4.78, 5) is 12.0. The maximum atomic E-state index is 12.9. The van der Waals surface area contributed by atoms with Crippen molar-refractivity contribution in [3.05, 3.63) is 57.8 Å². The molecule has 19 heavy (non-hydrogen) atoms. The summed E-state index contributed by atoms with van der Waals surface area (Å²) in [5.41, 5.74) is 7.43. The van der Waals surface area contributed by atoms with Crippen LogP contribution in [-0.4, -0.2) is 9.78 Å². The van der Waals surface area contributed by atoms with Crippen molar-refractivity contribution in [2.24, 2.45) is 5.73 Å². The second kappa shape index (κ2) is 5.32. The van der Waals surface area contributed by atoms with Crippen molar-refractivity contribution in [2.45, 2.75) is 26.3 Å². The highest BCUT2D eigenvalue weighted by Crippen LogP contribution is 2.16. The van der Waals surface area contributed by atoms with Crippen LogP contribution < -0.4 is 11.3 Å². The summed E-state index contributed by atoms with van der Waals surface area (Å²) < 4.78 is 14.2. The van der Waals surface area contributed by atoms with E-state index < -0.39 is 0 Å². The van der Waals surface area contributed by atoms with Crippen LogP contribution in [0.3, 0.4) is 0 Å². The van der Waals surface area contributed by atoms with Crippen molar-refractivity contribution in [1.82, 2.24) is 9.78 Å². The van der Waals surface area contributed by atoms with Gasteiger partial charge in [-0.25, -0.2) is 4.39 Å². The largest absolute Gasteiger partial charge is 0.326 e. The Kier molecular flexibility index (Phi) is 3.76. The number of benzene rings is 1. The molecular formula is C14H16FN3O. The van der Waals surface area contributed by atoms with E-state index in [1.807, 2.05) is 13.8 Å². The molecule has 0 unspecified atom stereocenters. The first kappa shape index (κ1) is 13.4. The van der Waals surface area contributed by atoms with Crippen LogP contribution in [0.15, 0.2) is 35.1 Å². The second-order valence-corrected chi connectivity index (χ2v) is 4.64. The summed E-state index contributed by atoms with van der Waals surface area (Å²) in [6.45, 7) is 4.25. The van der Waals surface area contributed by atoms with E-state index in [1.165, 1.54) is 35.0 Å². The van der Waals surface area contributed by atoms with Gasteiger partial charge in [-0.3, -0.25) is 4.79 Å². The Morgan fingerprint density at radius 3 is 2.47 bits per heavy atom. The van der Waals surface area contributed by atoms with Gasteiger partial charge in [0.1, 0.15) is 5.82 Å². The predicted molar refractivity (Wildman–Crippen MR) is 71.8 cm³/mol. The highest BCUT2D eigenvalue weighted by Gasteiger charge is 2.12. The molecule has 0 atom stereocenters. The molecule has 0 fully saturated rings. The number of rotatable bonds is 3. The third-order valence-corrected chi connectivity index (χ3v) is 2.88. The first-order valence-electron chi connectivity index (χ1n) is 6.12. The Morgan fingerprint density at radius 2 is 1.95 bits per heavy atom. The molecule has 2 N–H and O–H groups in total. The molecule has 0 amide bonds. The Hall–Kier alpha value is -2.01. The van der Waals surface area contributed by atoms with E-state index in [2.05, 4.69) is 5.10 Å². The predicted octanol–water partition coefficient (Wildman–Crippen LogP) is 1.95. The molecule has 100 valence electrons. The maximum Gasteiger partial charge on any atom is 0.271 e. The number of nitrogens with two attached hydrogens (primary N) is 1. The molecule has 0 spiro atoms. The standard InChI is InChI=1S/C14H16FN3O/c1-9(2)14-10(8-16)7-13(19)18(17-14)12-5-3-11(15)4-6-12/h3-7,9H,8,16H2,1-2H3. The number of aromatic nitrogens is 2. The minimum absolute atomic E-state index is 0.158. The normalized spacial score (nSPS) is 11.0. The van der Waals surface area contributed by atoms with Gasteiger partial charge in [-0.05, 0) is 35.7 Å². The fraction of sp³-hybridized carbons (Fsp3) is 0.286. The van der Waals surface area contributed by atoms with Crippen LogP contribution in [0.25, 0.3) is 5.69 Å². The molecule has 1 heterocycles. The highest BCUT2D eigenvalue weighted by atomic mass is 19.1. The number of hydrogen-bond acceptors (Lipinski definition) is 3. The highest BCUT2D eigenvalue weighted by molar-refractivity contribution is 5.32. The van der Waals surface area contributed by atoms with Crippen molar-refractivity contribution in [1.29, 1.82) is 0 Å². The summed E-state index contributed by atoms with van der Waals surface area (Å²) in [5.74, 6) is -0.190. The lowest BCUT2D eigenvalue weighted by molar-refractivity contribution is 0.625. The number of hydrogen-bond donors (Lipinski definition) is 1. The monoisotopic (exact) mass is 261 g/mol. The van der Waals surface area contributed by atoms with Crippen LogP contribution in [0, 0.1) is 5.82 Å². The summed E-state index contributed by atoms with van der Waals surface area (Å²) in [5, 5.41) is 4.34. The fourth-order valence-corrected chi connectivity index (χ4v) is 1.92. The van der Waals surface area contributed by atoms with Crippen LogP contribution >= 0.6 is 0 Å². The average Bonchev–Trinajstić information content (AvgIpc) is 2.39. The smallest absolute Gasteiger partial charge is 0.271 e. The van der Waals surface area contributed by atoms with Crippen molar-refractivity contribution >= 4 is 0 Å². The molecule has 0 bridgehead atoms. The van der Waals surface area contributed by atoms with Crippen molar-refractivity contribution in [2.75, 3.05) is 0 Å². The minimum Gasteiger partial charge on any atom is -0.326 e. The first-order chi connectivity index (χ1) is 9.02. The second-order valence-electron chi connectivity index (χ2n) is 4.64. The van der Waals surface area contributed by atoms with E-state index in [-0.39, 0.29) is 23.8 Å². The van der Waals surface area contributed by atoms with Gasteiger partial charge in [0, 0.05) is 12.6 Å². The Morgan fingerprint density at radius 1 is 1.32 bits per heavy atom. The van der Waals surface area contributed by atoms with Gasteiger partial charge >= 0.3 is 0 Å². The van der Waals surface area contributed by atoms with E-state index >= 15 is 0 Å². The molecule has 0 aliphatic carbocycles. The molecule has 2 rings (SSSR count). The van der Waals surface area contributed by atoms with Crippen LogP contribution in [0.4, 0.5) is 4.39 Å². The zero-order valence-corrected chi connectivity index (χ0v) is 10.9. The Labute approximate surface area is 110 Å². The molecule has 1 aromatic carbocycles. The van der Waals surface area contributed by atoms with Crippen LogP contribution in [-0.2, 0) is 6.54 Å². The van der Waals surface area contributed by atoms with Gasteiger partial charge in [0.25, 0.3) is 5.56 Å². The molecule has 0 aliphatic rings. The zero-order valence-electron chi connectivity index (χ0n) is 10.9. The molecule has 0 radical (unpaired) electrons. The summed E-state index contributed by atoms with van der Waals surface area (Å²) in [6.07, 6.45) is 0. The van der Waals surface area contributed by atoms with Crippen LogP contribution in [0.2, 0.25) is 0 Å². The van der Waals surface area contributed by atoms with Gasteiger partial charge < -0.3 is 5.73 Å². The molecule has 0 saturated carbocycles. The third-order valence-electron chi connectivity index (χ3n) is 2.88. The zero-order chi connectivity index (χ0) is 14.0. The molecule has 4 nitrogen and oxygen atoms in total. The summed E-state index contributed by atoms with van der Waals surface area (Å²) in [7, 11) is 0. The van der Waals surface area contributed by atoms with Crippen molar-refractivity contribution in [3.8, 4) is 5.69 Å². The van der Waals surface area contributed by atoms with E-state index in [4.69, 9.17) is 5.73 Å². The van der Waals surface area contributed by atoms with Gasteiger partial charge in [0.05, 0.1) is 11.4 Å². The molecule has 5 heteroatoms. The molecule has 2 aromatic rings. The lowest BCUT2D eigenvalue weighted by Gasteiger charge is -2.13. The van der Waals surface area contributed by atoms with Gasteiger partial charge in [0.2, 0.25) is 0 Å². The van der Waals surface area contributed by atoms with E-state index in [1.54, 1.807) is 0 Å². The van der Waals surface area contributed by atoms with E-state index in [9.17, 15) is 9.18 Å². The lowest BCUT2D eigenvalue weighted by Crippen LogP contribution is -2.24. The molecule has 0 saturated heterocycles. The number of halogens is 1. The third kappa shape index (κ3) is 2.71. The molecule has 0 aliphatic heterocycles. The topological polar surface area (TPSA) is 60.9 Å². The van der Waals surface area contributed by atoms with Crippen LogP contribution in [0.5, 0.6) is 0 Å². The van der Waals surface area contributed by atoms with E-state index in [0.29, 0.717) is 5.69 Å². The Bertz CT molecular complexity index is 632. The van der Waals surface area contributed by atoms with E-state index in [0.717, 1.165) is 11.3 Å². The van der Waals surface area contributed by atoms with Gasteiger partial charge in [0.15, 0.2) is 0 Å². The quantitative estimate of drug-likeness (QED) is 0.918. The van der Waals surface area contributed by atoms with Crippen molar-refractivity contribution < 1.29 is 4.39 Å². The number of nitrogens with zero attached hydrogens (tertiary/aromatic N) is 2. The van der Waals surface area contributed by atoms with Gasteiger partial charge in [-0.1, -0.05) is 13.8 Å². The van der Waals surface area contributed by atoms with Gasteiger partial charge in [-0.2, -0.15) is 9.78 Å². The van der Waals surface area contributed by atoms with Crippen LogP contribution in [0.1, 0.15) is 31.0 Å². The minimum atomic E-state index is -0.348.